The summed E-state index contributed by atoms with van der Waals surface area (Å²) in [5.41, 5.74) is 8.36. The van der Waals surface area contributed by atoms with Crippen molar-refractivity contribution in [3.05, 3.63) is 29.6 Å². The molecule has 7 heteroatoms. The van der Waals surface area contributed by atoms with Gasteiger partial charge in [0.25, 0.3) is 0 Å². The highest BCUT2D eigenvalue weighted by Crippen LogP contribution is 2.29. The lowest BCUT2D eigenvalue weighted by molar-refractivity contribution is -0.114. The molecule has 0 bridgehead atoms. The number of benzene rings is 1. The fourth-order valence-corrected chi connectivity index (χ4v) is 3.62. The highest BCUT2D eigenvalue weighted by atomic mass is 32.1. The van der Waals surface area contributed by atoms with Crippen molar-refractivity contribution in [1.82, 2.24) is 4.98 Å². The number of hydrogen-bond donors (Lipinski definition) is 2. The highest BCUT2D eigenvalue weighted by molar-refractivity contribution is 7.14. The van der Waals surface area contributed by atoms with Gasteiger partial charge in [-0.25, -0.2) is 4.98 Å². The SMILES string of the molecule is C[C@@H]1CN(c2cccc(-c3csc(NC(=O)CN)n3)c2)C[C@@H](C)O1. The third kappa shape index (κ3) is 3.92. The first-order valence-corrected chi connectivity index (χ1v) is 8.89. The Hall–Kier alpha value is -1.96. The smallest absolute Gasteiger partial charge is 0.239 e. The summed E-state index contributed by atoms with van der Waals surface area (Å²) < 4.78 is 5.80. The molecule has 1 aromatic carbocycles. The molecule has 0 aliphatic carbocycles. The number of nitrogens with one attached hydrogen (secondary N) is 1. The average Bonchev–Trinajstić information content (AvgIpc) is 3.02. The number of anilines is 2. The number of carbonyl (C=O) groups excluding carboxylic acids is 1. The molecule has 1 aliphatic heterocycles. The number of amides is 1. The molecule has 2 aromatic rings. The Bertz CT molecular complexity index is 708. The van der Waals surface area contributed by atoms with Crippen molar-refractivity contribution in [2.24, 2.45) is 5.73 Å². The van der Waals surface area contributed by atoms with Crippen LogP contribution in [0.3, 0.4) is 0 Å². The van der Waals surface area contributed by atoms with Crippen molar-refractivity contribution in [3.63, 3.8) is 0 Å². The molecule has 3 rings (SSSR count). The van der Waals surface area contributed by atoms with Gasteiger partial charge in [0.05, 0.1) is 24.4 Å². The molecule has 128 valence electrons. The number of hydrogen-bond acceptors (Lipinski definition) is 6. The lowest BCUT2D eigenvalue weighted by Crippen LogP contribution is -2.45. The minimum atomic E-state index is -0.235. The van der Waals surface area contributed by atoms with Crippen molar-refractivity contribution in [2.75, 3.05) is 29.9 Å². The summed E-state index contributed by atoms with van der Waals surface area (Å²) >= 11 is 1.40. The molecule has 1 aromatic heterocycles. The Morgan fingerprint density at radius 3 is 2.88 bits per heavy atom. The van der Waals surface area contributed by atoms with E-state index in [1.807, 2.05) is 17.5 Å². The molecule has 0 radical (unpaired) electrons. The normalized spacial score (nSPS) is 20.9. The van der Waals surface area contributed by atoms with Crippen LogP contribution in [0.4, 0.5) is 10.8 Å². The topological polar surface area (TPSA) is 80.5 Å². The molecule has 0 saturated carbocycles. The second-order valence-corrected chi connectivity index (χ2v) is 6.86. The van der Waals surface area contributed by atoms with Gasteiger partial charge in [-0.05, 0) is 26.0 Å². The minimum absolute atomic E-state index is 0.0439. The van der Waals surface area contributed by atoms with Gasteiger partial charge < -0.3 is 20.7 Å². The van der Waals surface area contributed by atoms with Crippen LogP contribution in [0.2, 0.25) is 0 Å². The maximum Gasteiger partial charge on any atom is 0.239 e. The fourth-order valence-electron chi connectivity index (χ4n) is 2.88. The predicted molar refractivity (Wildman–Crippen MR) is 97.5 cm³/mol. The number of ether oxygens (including phenoxy) is 1. The lowest BCUT2D eigenvalue weighted by Gasteiger charge is -2.37. The number of nitrogens with two attached hydrogens (primary N) is 1. The lowest BCUT2D eigenvalue weighted by atomic mass is 10.1. The number of thiazole rings is 1. The van der Waals surface area contributed by atoms with Gasteiger partial charge in [-0.1, -0.05) is 12.1 Å². The first-order valence-electron chi connectivity index (χ1n) is 8.01. The van der Waals surface area contributed by atoms with Crippen LogP contribution < -0.4 is 16.0 Å². The van der Waals surface area contributed by atoms with E-state index in [-0.39, 0.29) is 24.7 Å². The molecule has 6 nitrogen and oxygen atoms in total. The molecular formula is C17H22N4O2S. The van der Waals surface area contributed by atoms with E-state index in [2.05, 4.69) is 41.2 Å². The molecule has 1 saturated heterocycles. The van der Waals surface area contributed by atoms with Gasteiger partial charge in [-0.15, -0.1) is 11.3 Å². The van der Waals surface area contributed by atoms with E-state index in [9.17, 15) is 4.79 Å². The standard InChI is InChI=1S/C17H22N4O2S/c1-11-8-21(9-12(2)23-11)14-5-3-4-13(6-14)15-10-24-17(19-15)20-16(22)7-18/h3-6,10-12H,7-9,18H2,1-2H3,(H,19,20,22)/t11-,12-/m1/s1. The molecule has 1 amide bonds. The second-order valence-electron chi connectivity index (χ2n) is 6.00. The average molecular weight is 346 g/mol. The molecule has 1 fully saturated rings. The van der Waals surface area contributed by atoms with Gasteiger partial charge in [0.2, 0.25) is 5.91 Å². The molecule has 24 heavy (non-hydrogen) atoms. The van der Waals surface area contributed by atoms with E-state index in [0.29, 0.717) is 5.13 Å². The van der Waals surface area contributed by atoms with Crippen LogP contribution >= 0.6 is 11.3 Å². The summed E-state index contributed by atoms with van der Waals surface area (Å²) in [6, 6.07) is 8.30. The Morgan fingerprint density at radius 1 is 1.42 bits per heavy atom. The van der Waals surface area contributed by atoms with Gasteiger partial charge >= 0.3 is 0 Å². The molecule has 0 spiro atoms. The molecule has 3 N–H and O–H groups in total. The molecule has 2 atom stereocenters. The molecule has 0 unspecified atom stereocenters. The Kier molecular flexibility index (Phi) is 5.13. The fraction of sp³-hybridized carbons (Fsp3) is 0.412. The van der Waals surface area contributed by atoms with Gasteiger partial charge in [0.1, 0.15) is 0 Å². The van der Waals surface area contributed by atoms with E-state index < -0.39 is 0 Å². The van der Waals surface area contributed by atoms with Crippen LogP contribution in [-0.2, 0) is 9.53 Å². The molecule has 2 heterocycles. The van der Waals surface area contributed by atoms with Crippen LogP contribution in [0, 0.1) is 0 Å². The minimum Gasteiger partial charge on any atom is -0.372 e. The Morgan fingerprint density at radius 2 is 2.17 bits per heavy atom. The van der Waals surface area contributed by atoms with E-state index in [1.54, 1.807) is 0 Å². The largest absolute Gasteiger partial charge is 0.372 e. The molecular weight excluding hydrogens is 324 g/mol. The maximum atomic E-state index is 11.4. The summed E-state index contributed by atoms with van der Waals surface area (Å²) in [4.78, 5) is 18.2. The summed E-state index contributed by atoms with van der Waals surface area (Å²) in [5.74, 6) is -0.235. The van der Waals surface area contributed by atoms with Crippen molar-refractivity contribution >= 4 is 28.1 Å². The Balaban J connectivity index is 1.79. The van der Waals surface area contributed by atoms with Crippen molar-refractivity contribution in [1.29, 1.82) is 0 Å². The quantitative estimate of drug-likeness (QED) is 0.888. The van der Waals surface area contributed by atoms with Crippen LogP contribution in [-0.4, -0.2) is 42.7 Å². The van der Waals surface area contributed by atoms with Gasteiger partial charge in [0.15, 0.2) is 5.13 Å². The maximum absolute atomic E-state index is 11.4. The summed E-state index contributed by atoms with van der Waals surface area (Å²) in [6.07, 6.45) is 0.435. The zero-order chi connectivity index (χ0) is 17.1. The number of nitrogens with zero attached hydrogens (tertiary/aromatic N) is 2. The van der Waals surface area contributed by atoms with Crippen LogP contribution in [0.1, 0.15) is 13.8 Å². The third-order valence-electron chi connectivity index (χ3n) is 3.86. The number of carbonyl (C=O) groups is 1. The zero-order valence-corrected chi connectivity index (χ0v) is 14.7. The highest BCUT2D eigenvalue weighted by Gasteiger charge is 2.22. The number of morpholine rings is 1. The predicted octanol–water partition coefficient (Wildman–Crippen LogP) is 2.32. The summed E-state index contributed by atoms with van der Waals surface area (Å²) in [6.45, 7) is 5.90. The Labute approximate surface area is 145 Å². The molecule has 1 aliphatic rings. The van der Waals surface area contributed by atoms with E-state index >= 15 is 0 Å². The monoisotopic (exact) mass is 346 g/mol. The third-order valence-corrected chi connectivity index (χ3v) is 4.62. The summed E-state index contributed by atoms with van der Waals surface area (Å²) in [5, 5.41) is 5.20. The van der Waals surface area contributed by atoms with E-state index in [4.69, 9.17) is 10.5 Å². The first-order chi connectivity index (χ1) is 11.5. The van der Waals surface area contributed by atoms with E-state index in [1.165, 1.54) is 11.3 Å². The first kappa shape index (κ1) is 16.9. The van der Waals surface area contributed by atoms with Crippen LogP contribution in [0.5, 0.6) is 0 Å². The van der Waals surface area contributed by atoms with Gasteiger partial charge in [0, 0.05) is 29.7 Å². The second kappa shape index (κ2) is 7.29. The van der Waals surface area contributed by atoms with Crippen LogP contribution in [0.15, 0.2) is 29.6 Å². The van der Waals surface area contributed by atoms with Gasteiger partial charge in [-0.2, -0.15) is 0 Å². The van der Waals surface area contributed by atoms with Crippen molar-refractivity contribution < 1.29 is 9.53 Å². The van der Waals surface area contributed by atoms with Crippen LogP contribution in [0.25, 0.3) is 11.3 Å². The van der Waals surface area contributed by atoms with Crippen molar-refractivity contribution in [3.8, 4) is 11.3 Å². The van der Waals surface area contributed by atoms with Crippen molar-refractivity contribution in [2.45, 2.75) is 26.1 Å². The number of rotatable bonds is 4. The van der Waals surface area contributed by atoms with Gasteiger partial charge in [-0.3, -0.25) is 4.79 Å². The number of aromatic nitrogens is 1. The van der Waals surface area contributed by atoms with E-state index in [0.717, 1.165) is 30.0 Å². The summed E-state index contributed by atoms with van der Waals surface area (Å²) in [7, 11) is 0. The zero-order valence-electron chi connectivity index (χ0n) is 13.9.